The molecule has 0 saturated carbocycles. The number of hydrogen-bond acceptors (Lipinski definition) is 1. The first-order valence-corrected chi connectivity index (χ1v) is 5.48. The van der Waals surface area contributed by atoms with Gasteiger partial charge in [-0.25, -0.2) is 0 Å². The Morgan fingerprint density at radius 3 is 2.64 bits per heavy atom. The summed E-state index contributed by atoms with van der Waals surface area (Å²) >= 11 is 0. The Bertz CT molecular complexity index is 293. The molecule has 1 aromatic carbocycles. The van der Waals surface area contributed by atoms with Gasteiger partial charge in [0.25, 0.3) is 0 Å². The predicted molar refractivity (Wildman–Crippen MR) is 60.3 cm³/mol. The van der Waals surface area contributed by atoms with Crippen molar-refractivity contribution in [1.29, 1.82) is 0 Å². The number of benzene rings is 1. The van der Waals surface area contributed by atoms with E-state index in [9.17, 15) is 0 Å². The molecule has 1 fully saturated rings. The Morgan fingerprint density at radius 1 is 1.36 bits per heavy atom. The molecule has 0 bridgehead atoms. The maximum absolute atomic E-state index is 3.53. The van der Waals surface area contributed by atoms with E-state index in [4.69, 9.17) is 0 Å². The largest absolute Gasteiger partial charge is 0.314 e. The summed E-state index contributed by atoms with van der Waals surface area (Å²) in [5, 5.41) is 3.53. The lowest BCUT2D eigenvalue weighted by atomic mass is 9.78. The first-order valence-electron chi connectivity index (χ1n) is 5.48. The van der Waals surface area contributed by atoms with Gasteiger partial charge in [0.05, 0.1) is 0 Å². The summed E-state index contributed by atoms with van der Waals surface area (Å²) in [6, 6.07) is 11.5. The van der Waals surface area contributed by atoms with Crippen LogP contribution in [0.3, 0.4) is 0 Å². The highest BCUT2D eigenvalue weighted by Crippen LogP contribution is 2.34. The molecule has 0 spiro atoms. The van der Waals surface area contributed by atoms with E-state index in [1.54, 1.807) is 0 Å². The highest BCUT2D eigenvalue weighted by molar-refractivity contribution is 5.17. The second kappa shape index (κ2) is 3.74. The lowest BCUT2D eigenvalue weighted by Crippen LogP contribution is -2.33. The minimum atomic E-state index is 0.446. The molecule has 1 saturated heterocycles. The Hall–Kier alpha value is -0.820. The molecule has 1 aliphatic heterocycles. The molecule has 2 atom stereocenters. The molecular weight excluding hydrogens is 170 g/mol. The van der Waals surface area contributed by atoms with Gasteiger partial charge >= 0.3 is 0 Å². The van der Waals surface area contributed by atoms with E-state index in [1.807, 2.05) is 0 Å². The van der Waals surface area contributed by atoms with Crippen molar-refractivity contribution < 1.29 is 0 Å². The lowest BCUT2D eigenvalue weighted by Gasteiger charge is -2.28. The third-order valence-corrected chi connectivity index (χ3v) is 3.64. The summed E-state index contributed by atoms with van der Waals surface area (Å²) < 4.78 is 0. The first-order chi connectivity index (χ1) is 6.71. The van der Waals surface area contributed by atoms with Crippen LogP contribution in [0.2, 0.25) is 0 Å². The van der Waals surface area contributed by atoms with Crippen molar-refractivity contribution in [3.8, 4) is 0 Å². The van der Waals surface area contributed by atoms with Gasteiger partial charge in [-0.3, -0.25) is 0 Å². The summed E-state index contributed by atoms with van der Waals surface area (Å²) in [4.78, 5) is 0. The molecule has 1 aliphatic rings. The predicted octanol–water partition coefficient (Wildman–Crippen LogP) is 2.62. The second-order valence-corrected chi connectivity index (χ2v) is 4.74. The molecule has 76 valence electrons. The topological polar surface area (TPSA) is 12.0 Å². The molecule has 1 N–H and O–H groups in total. The maximum Gasteiger partial charge on any atom is 0.00962 e. The van der Waals surface area contributed by atoms with Crippen LogP contribution in [0.15, 0.2) is 30.3 Å². The van der Waals surface area contributed by atoms with Crippen LogP contribution in [-0.4, -0.2) is 12.6 Å². The van der Waals surface area contributed by atoms with Gasteiger partial charge in [0.1, 0.15) is 0 Å². The monoisotopic (exact) mass is 189 g/mol. The quantitative estimate of drug-likeness (QED) is 0.754. The van der Waals surface area contributed by atoms with Crippen molar-refractivity contribution >= 4 is 0 Å². The van der Waals surface area contributed by atoms with Gasteiger partial charge in [-0.15, -0.1) is 0 Å². The fraction of sp³-hybridized carbons (Fsp3) is 0.538. The summed E-state index contributed by atoms with van der Waals surface area (Å²) in [6.45, 7) is 5.87. The number of rotatable bonds is 2. The number of nitrogens with one attached hydrogen (secondary N) is 1. The summed E-state index contributed by atoms with van der Waals surface area (Å²) in [6.07, 6.45) is 2.49. The smallest absolute Gasteiger partial charge is 0.00962 e. The Kier molecular flexibility index (Phi) is 2.60. The standard InChI is InChI=1S/C13H19N/c1-11-13(2,8-9-14-11)10-12-6-4-3-5-7-12/h3-7,11,14H,8-10H2,1-2H3. The molecule has 2 rings (SSSR count). The van der Waals surface area contributed by atoms with Crippen molar-refractivity contribution in [3.05, 3.63) is 35.9 Å². The van der Waals surface area contributed by atoms with Crippen LogP contribution in [-0.2, 0) is 6.42 Å². The van der Waals surface area contributed by atoms with Gasteiger partial charge in [-0.2, -0.15) is 0 Å². The van der Waals surface area contributed by atoms with Crippen molar-refractivity contribution in [2.75, 3.05) is 6.54 Å². The van der Waals surface area contributed by atoms with E-state index in [1.165, 1.54) is 24.9 Å². The van der Waals surface area contributed by atoms with E-state index in [2.05, 4.69) is 49.5 Å². The lowest BCUT2D eigenvalue weighted by molar-refractivity contribution is 0.292. The van der Waals surface area contributed by atoms with E-state index in [0.29, 0.717) is 11.5 Å². The zero-order valence-corrected chi connectivity index (χ0v) is 9.09. The van der Waals surface area contributed by atoms with Gasteiger partial charge in [0, 0.05) is 6.04 Å². The highest BCUT2D eigenvalue weighted by Gasteiger charge is 2.35. The normalized spacial score (nSPS) is 32.0. The minimum Gasteiger partial charge on any atom is -0.314 e. The third kappa shape index (κ3) is 1.83. The molecule has 0 aromatic heterocycles. The fourth-order valence-corrected chi connectivity index (χ4v) is 2.34. The van der Waals surface area contributed by atoms with Crippen LogP contribution in [0.4, 0.5) is 0 Å². The highest BCUT2D eigenvalue weighted by atomic mass is 15.0. The molecule has 14 heavy (non-hydrogen) atoms. The van der Waals surface area contributed by atoms with Crippen molar-refractivity contribution in [2.45, 2.75) is 32.7 Å². The fourth-order valence-electron chi connectivity index (χ4n) is 2.34. The van der Waals surface area contributed by atoms with Crippen LogP contribution in [0.5, 0.6) is 0 Å². The SMILES string of the molecule is CC1NCCC1(C)Cc1ccccc1. The van der Waals surface area contributed by atoms with E-state index in [-0.39, 0.29) is 0 Å². The summed E-state index contributed by atoms with van der Waals surface area (Å²) in [5.41, 5.74) is 1.91. The molecule has 1 heterocycles. The van der Waals surface area contributed by atoms with Crippen molar-refractivity contribution in [3.63, 3.8) is 0 Å². The van der Waals surface area contributed by atoms with E-state index >= 15 is 0 Å². The van der Waals surface area contributed by atoms with Crippen LogP contribution in [0.1, 0.15) is 25.8 Å². The molecule has 0 radical (unpaired) electrons. The molecule has 1 heteroatoms. The Morgan fingerprint density at radius 2 is 2.07 bits per heavy atom. The van der Waals surface area contributed by atoms with Crippen LogP contribution >= 0.6 is 0 Å². The zero-order chi connectivity index (χ0) is 10.0. The third-order valence-electron chi connectivity index (χ3n) is 3.64. The molecular formula is C13H19N. The Labute approximate surface area is 86.5 Å². The molecule has 0 amide bonds. The van der Waals surface area contributed by atoms with Gasteiger partial charge in [0.15, 0.2) is 0 Å². The van der Waals surface area contributed by atoms with Crippen LogP contribution in [0, 0.1) is 5.41 Å². The molecule has 0 aliphatic carbocycles. The molecule has 2 unspecified atom stereocenters. The number of hydrogen-bond donors (Lipinski definition) is 1. The first kappa shape index (κ1) is 9.72. The average molecular weight is 189 g/mol. The van der Waals surface area contributed by atoms with Crippen LogP contribution < -0.4 is 5.32 Å². The minimum absolute atomic E-state index is 0.446. The summed E-state index contributed by atoms with van der Waals surface area (Å²) in [5.74, 6) is 0. The zero-order valence-electron chi connectivity index (χ0n) is 9.09. The average Bonchev–Trinajstić information content (AvgIpc) is 2.48. The van der Waals surface area contributed by atoms with Crippen LogP contribution in [0.25, 0.3) is 0 Å². The Balaban J connectivity index is 2.10. The second-order valence-electron chi connectivity index (χ2n) is 4.74. The van der Waals surface area contributed by atoms with Crippen molar-refractivity contribution in [2.24, 2.45) is 5.41 Å². The molecule has 1 aromatic rings. The van der Waals surface area contributed by atoms with E-state index < -0.39 is 0 Å². The van der Waals surface area contributed by atoms with Gasteiger partial charge in [-0.05, 0) is 37.3 Å². The van der Waals surface area contributed by atoms with Gasteiger partial charge in [-0.1, -0.05) is 37.3 Å². The molecule has 1 nitrogen and oxygen atoms in total. The van der Waals surface area contributed by atoms with Gasteiger partial charge in [0.2, 0.25) is 0 Å². The maximum atomic E-state index is 3.53. The van der Waals surface area contributed by atoms with Gasteiger partial charge < -0.3 is 5.32 Å². The van der Waals surface area contributed by atoms with E-state index in [0.717, 1.165) is 0 Å². The van der Waals surface area contributed by atoms with Crippen molar-refractivity contribution in [1.82, 2.24) is 5.32 Å². The summed E-state index contributed by atoms with van der Waals surface area (Å²) in [7, 11) is 0.